The minimum Gasteiger partial charge on any atom is -0.378 e. The molecule has 13 heteroatoms. The molecule has 0 bridgehead atoms. The van der Waals surface area contributed by atoms with Crippen molar-refractivity contribution in [3.63, 3.8) is 0 Å². The lowest BCUT2D eigenvalue weighted by atomic mass is 9.43. The normalized spacial score (nSPS) is 32.4. The lowest BCUT2D eigenvalue weighted by Crippen LogP contribution is -2.63. The standard InChI is InChI=1S/C44H86N10O3/c1-5-6-7-8-9-10-20-51-21-11-15-31(2)34-16-17-35-39-36(30-38(44(34,35)4)57-27-14-24-54-42(49)50)43(3)19-18-33(55-25-12-22-52-40(45)46)28-32(43)29-37(39)56-26-13-23-53-41(47)48/h31-39,51H,5-30H2,1-4H3,(H4,45,46,52)(H4,47,48,53)(H4,49,50,54)/t31-,32?,33-,34-,35+,36+,37-,38+,39?,43+,44-/m1/s1. The van der Waals surface area contributed by atoms with Gasteiger partial charge in [0.25, 0.3) is 0 Å². The summed E-state index contributed by atoms with van der Waals surface area (Å²) in [6, 6.07) is 0. The van der Waals surface area contributed by atoms with Crippen LogP contribution in [0.25, 0.3) is 0 Å². The van der Waals surface area contributed by atoms with Crippen molar-refractivity contribution < 1.29 is 14.2 Å². The molecule has 4 rings (SSSR count). The van der Waals surface area contributed by atoms with E-state index >= 15 is 0 Å². The Balaban J connectivity index is 1.50. The summed E-state index contributed by atoms with van der Waals surface area (Å²) in [4.78, 5) is 12.7. The van der Waals surface area contributed by atoms with E-state index < -0.39 is 0 Å². The van der Waals surface area contributed by atoms with Crippen molar-refractivity contribution in [3.05, 3.63) is 0 Å². The molecular weight excluding hydrogens is 717 g/mol. The molecule has 0 aromatic carbocycles. The fourth-order valence-corrected chi connectivity index (χ4v) is 12.1. The number of guanidine groups is 3. The van der Waals surface area contributed by atoms with E-state index in [1.54, 1.807) is 0 Å². The van der Waals surface area contributed by atoms with E-state index in [-0.39, 0.29) is 47.0 Å². The summed E-state index contributed by atoms with van der Waals surface area (Å²) in [7, 11) is 0. The summed E-state index contributed by atoms with van der Waals surface area (Å²) in [6.45, 7) is 16.1. The molecule has 4 aliphatic rings. The van der Waals surface area contributed by atoms with E-state index in [1.165, 1.54) is 70.6 Å². The minimum atomic E-state index is 0.0709. The van der Waals surface area contributed by atoms with Crippen LogP contribution in [0, 0.1) is 46.3 Å². The van der Waals surface area contributed by atoms with Gasteiger partial charge in [-0.05, 0) is 137 Å². The fraction of sp³-hybridized carbons (Fsp3) is 0.932. The number of hydrogen-bond acceptors (Lipinski definition) is 7. The number of ether oxygens (including phenoxy) is 3. The third-order valence-electron chi connectivity index (χ3n) is 15.0. The Morgan fingerprint density at radius 2 is 1.26 bits per heavy atom. The zero-order chi connectivity index (χ0) is 41.3. The predicted molar refractivity (Wildman–Crippen MR) is 236 cm³/mol. The van der Waals surface area contributed by atoms with Crippen LogP contribution in [0.5, 0.6) is 0 Å². The van der Waals surface area contributed by atoms with E-state index in [4.69, 9.17) is 48.6 Å². The second-order valence-electron chi connectivity index (χ2n) is 18.7. The van der Waals surface area contributed by atoms with Crippen LogP contribution in [0.3, 0.4) is 0 Å². The first-order valence-electron chi connectivity index (χ1n) is 23.1. The van der Waals surface area contributed by atoms with Gasteiger partial charge in [0.1, 0.15) is 0 Å². The van der Waals surface area contributed by atoms with Crippen molar-refractivity contribution in [3.8, 4) is 0 Å². The Bertz CT molecular complexity index is 1240. The summed E-state index contributed by atoms with van der Waals surface area (Å²) in [5.74, 6) is 3.74. The topological polar surface area (TPSA) is 233 Å². The second-order valence-corrected chi connectivity index (χ2v) is 18.7. The molecule has 57 heavy (non-hydrogen) atoms. The van der Waals surface area contributed by atoms with Crippen molar-refractivity contribution in [2.75, 3.05) is 52.5 Å². The maximum absolute atomic E-state index is 7.13. The van der Waals surface area contributed by atoms with E-state index in [0.29, 0.717) is 75.0 Å². The average molecular weight is 803 g/mol. The maximum Gasteiger partial charge on any atom is 0.185 e. The summed E-state index contributed by atoms with van der Waals surface area (Å²) in [5.41, 5.74) is 34.0. The Morgan fingerprint density at radius 3 is 1.91 bits per heavy atom. The van der Waals surface area contributed by atoms with Crippen LogP contribution < -0.4 is 39.7 Å². The van der Waals surface area contributed by atoms with Crippen molar-refractivity contribution >= 4 is 17.9 Å². The third-order valence-corrected chi connectivity index (χ3v) is 15.0. The first-order valence-corrected chi connectivity index (χ1v) is 23.1. The van der Waals surface area contributed by atoms with E-state index in [0.717, 1.165) is 58.0 Å². The van der Waals surface area contributed by atoms with Gasteiger partial charge in [-0.2, -0.15) is 0 Å². The molecule has 0 aromatic rings. The molecule has 0 aromatic heterocycles. The molecule has 13 nitrogen and oxygen atoms in total. The predicted octanol–water partition coefficient (Wildman–Crippen LogP) is 5.38. The molecule has 0 amide bonds. The van der Waals surface area contributed by atoms with Crippen LogP contribution in [0.1, 0.15) is 143 Å². The van der Waals surface area contributed by atoms with Crippen LogP contribution in [0.15, 0.2) is 15.0 Å². The Morgan fingerprint density at radius 1 is 0.667 bits per heavy atom. The monoisotopic (exact) mass is 803 g/mol. The Labute approximate surface area is 346 Å². The smallest absolute Gasteiger partial charge is 0.185 e. The molecule has 13 N–H and O–H groups in total. The van der Waals surface area contributed by atoms with E-state index in [2.05, 4.69) is 48.0 Å². The highest BCUT2D eigenvalue weighted by atomic mass is 16.5. The second kappa shape index (κ2) is 24.0. The van der Waals surface area contributed by atoms with Crippen LogP contribution >= 0.6 is 0 Å². The number of nitrogens with two attached hydrogens (primary N) is 6. The minimum absolute atomic E-state index is 0.0709. The van der Waals surface area contributed by atoms with Crippen molar-refractivity contribution in [2.45, 2.75) is 162 Å². The summed E-state index contributed by atoms with van der Waals surface area (Å²) >= 11 is 0. The van der Waals surface area contributed by atoms with Gasteiger partial charge in [-0.3, -0.25) is 15.0 Å². The van der Waals surface area contributed by atoms with Gasteiger partial charge in [0.15, 0.2) is 17.9 Å². The van der Waals surface area contributed by atoms with Crippen LogP contribution in [0.4, 0.5) is 0 Å². The van der Waals surface area contributed by atoms with Gasteiger partial charge in [-0.15, -0.1) is 0 Å². The summed E-state index contributed by atoms with van der Waals surface area (Å²) in [5, 5.41) is 3.76. The number of rotatable bonds is 27. The van der Waals surface area contributed by atoms with E-state index in [9.17, 15) is 0 Å². The van der Waals surface area contributed by atoms with Crippen LogP contribution in [-0.2, 0) is 14.2 Å². The van der Waals surface area contributed by atoms with Gasteiger partial charge >= 0.3 is 0 Å². The number of hydrogen-bond donors (Lipinski definition) is 7. The molecular formula is C44H86N10O3. The highest BCUT2D eigenvalue weighted by molar-refractivity contribution is 5.76. The number of nitrogens with one attached hydrogen (secondary N) is 1. The van der Waals surface area contributed by atoms with Crippen molar-refractivity contribution in [1.29, 1.82) is 0 Å². The zero-order valence-electron chi connectivity index (χ0n) is 36.6. The molecule has 0 aliphatic heterocycles. The van der Waals surface area contributed by atoms with Crippen molar-refractivity contribution in [2.24, 2.45) is 95.7 Å². The number of aliphatic imine (C=N–C) groups is 3. The SMILES string of the molecule is CCCCCCCCNCCC[C@@H](C)[C@H]1CC[C@H]2C3[C@H](OCCCN=C(N)N)CC4C[C@H](OCCCN=C(N)N)CC[C@]4(C)[C@H]3C[C@H](OCCCN=C(N)N)[C@]12C. The summed E-state index contributed by atoms with van der Waals surface area (Å²) in [6.07, 6.45) is 21.6. The molecule has 0 heterocycles. The molecule has 2 unspecified atom stereocenters. The molecule has 0 saturated heterocycles. The number of fused-ring (bicyclic) bond motifs is 5. The van der Waals surface area contributed by atoms with E-state index in [1.807, 2.05) is 0 Å². The number of nitrogens with zero attached hydrogens (tertiary/aromatic N) is 3. The van der Waals surface area contributed by atoms with Gasteiger partial charge in [-0.25, -0.2) is 0 Å². The Hall–Kier alpha value is -2.35. The van der Waals surface area contributed by atoms with Crippen LogP contribution in [-0.4, -0.2) is 88.7 Å². The molecule has 4 saturated carbocycles. The lowest BCUT2D eigenvalue weighted by Gasteiger charge is -2.65. The Kier molecular flexibility index (Phi) is 20.0. The largest absolute Gasteiger partial charge is 0.378 e. The number of unbranched alkanes of at least 4 members (excludes halogenated alkanes) is 5. The molecule has 0 radical (unpaired) electrons. The van der Waals surface area contributed by atoms with Crippen molar-refractivity contribution in [1.82, 2.24) is 5.32 Å². The van der Waals surface area contributed by atoms with Gasteiger partial charge in [0, 0.05) is 44.9 Å². The first kappa shape index (κ1) is 47.3. The van der Waals surface area contributed by atoms with Gasteiger partial charge in [0.05, 0.1) is 18.3 Å². The van der Waals surface area contributed by atoms with Crippen LogP contribution in [0.2, 0.25) is 0 Å². The third kappa shape index (κ3) is 13.6. The molecule has 11 atom stereocenters. The lowest BCUT2D eigenvalue weighted by molar-refractivity contribution is -0.227. The highest BCUT2D eigenvalue weighted by Crippen LogP contribution is 2.69. The molecule has 4 aliphatic carbocycles. The fourth-order valence-electron chi connectivity index (χ4n) is 12.1. The average Bonchev–Trinajstić information content (AvgIpc) is 3.53. The summed E-state index contributed by atoms with van der Waals surface area (Å²) < 4.78 is 20.7. The zero-order valence-corrected chi connectivity index (χ0v) is 36.6. The quantitative estimate of drug-likeness (QED) is 0.0318. The van der Waals surface area contributed by atoms with Gasteiger partial charge in [0.2, 0.25) is 0 Å². The molecule has 330 valence electrons. The highest BCUT2D eigenvalue weighted by Gasteiger charge is 2.66. The first-order chi connectivity index (χ1) is 27.4. The molecule has 4 fully saturated rings. The van der Waals surface area contributed by atoms with Gasteiger partial charge in [-0.1, -0.05) is 59.8 Å². The van der Waals surface area contributed by atoms with Gasteiger partial charge < -0.3 is 53.9 Å². The molecule has 0 spiro atoms. The maximum atomic E-state index is 7.13.